The largest absolute Gasteiger partial charge is 0.345 e. The molecule has 8 nitrogen and oxygen atoms in total. The molecule has 0 spiro atoms. The lowest BCUT2D eigenvalue weighted by molar-refractivity contribution is -0.121. The average Bonchev–Trinajstić information content (AvgIpc) is 3.47. The van der Waals surface area contributed by atoms with Gasteiger partial charge in [0.1, 0.15) is 0 Å². The fraction of sp³-hybridized carbons (Fsp3) is 0.211. The van der Waals surface area contributed by atoms with E-state index in [0.29, 0.717) is 23.8 Å². The first-order chi connectivity index (χ1) is 14.2. The molecule has 1 unspecified atom stereocenters. The zero-order chi connectivity index (χ0) is 20.1. The molecule has 1 amide bonds. The Labute approximate surface area is 175 Å². The van der Waals surface area contributed by atoms with E-state index >= 15 is 0 Å². The summed E-state index contributed by atoms with van der Waals surface area (Å²) in [6, 6.07) is 11.3. The third-order valence-corrected chi connectivity index (χ3v) is 5.70. The van der Waals surface area contributed by atoms with E-state index in [9.17, 15) is 4.79 Å². The fourth-order valence-corrected chi connectivity index (χ4v) is 3.96. The Kier molecular flexibility index (Phi) is 5.97. The molecule has 0 saturated carbocycles. The molecule has 0 aliphatic carbocycles. The molecule has 10 heteroatoms. The van der Waals surface area contributed by atoms with Crippen LogP contribution in [0.15, 0.2) is 54.3 Å². The minimum atomic E-state index is -0.361. The van der Waals surface area contributed by atoms with Gasteiger partial charge in [-0.2, -0.15) is 5.21 Å². The maximum Gasteiger partial charge on any atom is 0.226 e. The van der Waals surface area contributed by atoms with Crippen LogP contribution in [0.3, 0.4) is 0 Å². The summed E-state index contributed by atoms with van der Waals surface area (Å²) in [6.07, 6.45) is 4.18. The van der Waals surface area contributed by atoms with Crippen molar-refractivity contribution in [1.82, 2.24) is 35.5 Å². The topological polar surface area (TPSA) is 101 Å². The van der Waals surface area contributed by atoms with Crippen LogP contribution in [0.4, 0.5) is 0 Å². The first-order valence-electron chi connectivity index (χ1n) is 8.96. The number of carbonyl (C=O) groups is 1. The van der Waals surface area contributed by atoms with Crippen LogP contribution in [0.2, 0.25) is 5.02 Å². The maximum atomic E-state index is 12.8. The zero-order valence-electron chi connectivity index (χ0n) is 15.3. The van der Waals surface area contributed by atoms with Crippen molar-refractivity contribution in [2.75, 3.05) is 0 Å². The summed E-state index contributed by atoms with van der Waals surface area (Å²) < 4.78 is 1.92. The van der Waals surface area contributed by atoms with Crippen molar-refractivity contribution in [3.05, 3.63) is 81.3 Å². The first-order valence-corrected chi connectivity index (χ1v) is 10.2. The van der Waals surface area contributed by atoms with E-state index in [2.05, 4.69) is 30.9 Å². The molecule has 3 heterocycles. The summed E-state index contributed by atoms with van der Waals surface area (Å²) in [7, 11) is 0. The molecule has 0 aliphatic heterocycles. The SMILES string of the molecule is O=C(Cc1cncn1Cc1ccccc1Cl)NC(Cc1cccs1)c1nn[nH]n1. The number of H-pyrrole nitrogens is 1. The maximum absolute atomic E-state index is 12.8. The number of carbonyl (C=O) groups excluding carboxylic acids is 1. The van der Waals surface area contributed by atoms with Gasteiger partial charge in [-0.25, -0.2) is 4.98 Å². The Balaban J connectivity index is 1.45. The molecule has 4 rings (SSSR count). The standard InChI is InChI=1S/C19H18ClN7OS/c20-16-6-2-1-4-13(16)11-27-12-21-10-14(27)8-18(28)22-17(19-23-25-26-24-19)9-15-5-3-7-29-15/h1-7,10,12,17H,8-9,11H2,(H,22,28)(H,23,24,25,26). The highest BCUT2D eigenvalue weighted by atomic mass is 35.5. The van der Waals surface area contributed by atoms with Crippen LogP contribution in [0.1, 0.15) is 28.0 Å². The molecule has 1 atom stereocenters. The highest BCUT2D eigenvalue weighted by molar-refractivity contribution is 7.09. The molecule has 3 aromatic heterocycles. The van der Waals surface area contributed by atoms with Gasteiger partial charge in [0.25, 0.3) is 0 Å². The van der Waals surface area contributed by atoms with E-state index in [1.165, 1.54) is 0 Å². The van der Waals surface area contributed by atoms with Crippen molar-refractivity contribution < 1.29 is 4.79 Å². The van der Waals surface area contributed by atoms with Gasteiger partial charge in [0, 0.05) is 28.2 Å². The number of nitrogens with one attached hydrogen (secondary N) is 2. The van der Waals surface area contributed by atoms with Gasteiger partial charge in [-0.15, -0.1) is 21.5 Å². The van der Waals surface area contributed by atoms with E-state index < -0.39 is 0 Å². The lowest BCUT2D eigenvalue weighted by Gasteiger charge is -2.15. The highest BCUT2D eigenvalue weighted by Gasteiger charge is 2.21. The molecule has 0 radical (unpaired) electrons. The zero-order valence-corrected chi connectivity index (χ0v) is 16.9. The molecular weight excluding hydrogens is 410 g/mol. The van der Waals surface area contributed by atoms with Gasteiger partial charge in [0.15, 0.2) is 5.82 Å². The van der Waals surface area contributed by atoms with E-state index in [4.69, 9.17) is 11.6 Å². The van der Waals surface area contributed by atoms with Crippen LogP contribution in [0.25, 0.3) is 0 Å². The number of aromatic nitrogens is 6. The van der Waals surface area contributed by atoms with Gasteiger partial charge in [-0.3, -0.25) is 4.79 Å². The number of hydrogen-bond acceptors (Lipinski definition) is 6. The van der Waals surface area contributed by atoms with E-state index in [-0.39, 0.29) is 18.4 Å². The molecular formula is C19H18ClN7OS. The van der Waals surface area contributed by atoms with Gasteiger partial charge in [0.05, 0.1) is 25.3 Å². The minimum Gasteiger partial charge on any atom is -0.345 e. The molecule has 0 bridgehead atoms. The Hall–Kier alpha value is -3.04. The number of thiophene rings is 1. The third kappa shape index (κ3) is 4.87. The quantitative estimate of drug-likeness (QED) is 0.450. The highest BCUT2D eigenvalue weighted by Crippen LogP contribution is 2.19. The van der Waals surface area contributed by atoms with Crippen LogP contribution in [-0.2, 0) is 24.2 Å². The number of nitrogens with zero attached hydrogens (tertiary/aromatic N) is 5. The summed E-state index contributed by atoms with van der Waals surface area (Å²) in [6.45, 7) is 0.547. The molecule has 0 saturated heterocycles. The van der Waals surface area contributed by atoms with Crippen LogP contribution >= 0.6 is 22.9 Å². The van der Waals surface area contributed by atoms with Gasteiger partial charge in [-0.05, 0) is 23.1 Å². The molecule has 1 aromatic carbocycles. The van der Waals surface area contributed by atoms with Crippen molar-refractivity contribution in [2.45, 2.75) is 25.4 Å². The van der Waals surface area contributed by atoms with Crippen LogP contribution in [0.5, 0.6) is 0 Å². The number of tetrazole rings is 1. The van der Waals surface area contributed by atoms with Crippen molar-refractivity contribution in [3.63, 3.8) is 0 Å². The number of aromatic amines is 1. The lowest BCUT2D eigenvalue weighted by Crippen LogP contribution is -2.32. The second-order valence-electron chi connectivity index (χ2n) is 6.45. The van der Waals surface area contributed by atoms with Crippen LogP contribution in [0, 0.1) is 0 Å². The molecule has 29 heavy (non-hydrogen) atoms. The monoisotopic (exact) mass is 427 g/mol. The van der Waals surface area contributed by atoms with E-state index in [1.54, 1.807) is 23.9 Å². The van der Waals surface area contributed by atoms with Crippen molar-refractivity contribution in [3.8, 4) is 0 Å². The number of rotatable bonds is 8. The molecule has 0 aliphatic rings. The van der Waals surface area contributed by atoms with Gasteiger partial charge in [0.2, 0.25) is 5.91 Å². The summed E-state index contributed by atoms with van der Waals surface area (Å²) >= 11 is 7.88. The molecule has 0 fully saturated rings. The van der Waals surface area contributed by atoms with Gasteiger partial charge < -0.3 is 9.88 Å². The Bertz CT molecular complexity index is 1060. The second-order valence-corrected chi connectivity index (χ2v) is 7.89. The van der Waals surface area contributed by atoms with Crippen molar-refractivity contribution in [1.29, 1.82) is 0 Å². The number of halogens is 1. The van der Waals surface area contributed by atoms with Gasteiger partial charge in [-0.1, -0.05) is 41.1 Å². The van der Waals surface area contributed by atoms with E-state index in [1.807, 2.05) is 46.3 Å². The van der Waals surface area contributed by atoms with E-state index in [0.717, 1.165) is 16.1 Å². The predicted molar refractivity (Wildman–Crippen MR) is 110 cm³/mol. The predicted octanol–water partition coefficient (Wildman–Crippen LogP) is 2.80. The Morgan fingerprint density at radius 3 is 2.93 bits per heavy atom. The molecule has 148 valence electrons. The lowest BCUT2D eigenvalue weighted by atomic mass is 10.1. The molecule has 4 aromatic rings. The van der Waals surface area contributed by atoms with Crippen molar-refractivity contribution >= 4 is 28.8 Å². The fourth-order valence-electron chi connectivity index (χ4n) is 3.01. The van der Waals surface area contributed by atoms with Crippen LogP contribution < -0.4 is 5.32 Å². The number of amides is 1. The smallest absolute Gasteiger partial charge is 0.226 e. The number of benzene rings is 1. The summed E-state index contributed by atoms with van der Waals surface area (Å²) in [4.78, 5) is 18.1. The Morgan fingerprint density at radius 1 is 1.28 bits per heavy atom. The van der Waals surface area contributed by atoms with Gasteiger partial charge >= 0.3 is 0 Å². The minimum absolute atomic E-state index is 0.141. The van der Waals surface area contributed by atoms with Crippen LogP contribution in [-0.4, -0.2) is 36.1 Å². The average molecular weight is 428 g/mol. The third-order valence-electron chi connectivity index (χ3n) is 4.43. The number of hydrogen-bond donors (Lipinski definition) is 2. The Morgan fingerprint density at radius 2 is 2.17 bits per heavy atom. The normalized spacial score (nSPS) is 12.0. The van der Waals surface area contributed by atoms with Crippen molar-refractivity contribution in [2.24, 2.45) is 0 Å². The second kappa shape index (κ2) is 8.97. The summed E-state index contributed by atoms with van der Waals surface area (Å²) in [5, 5.41) is 19.8. The first kappa shape index (κ1) is 19.3. The molecule has 2 N–H and O–H groups in total. The summed E-state index contributed by atoms with van der Waals surface area (Å²) in [5.41, 5.74) is 1.77. The summed E-state index contributed by atoms with van der Waals surface area (Å²) in [5.74, 6) is 0.314. The number of imidazole rings is 1.